The maximum atomic E-state index is 13.1. The summed E-state index contributed by atoms with van der Waals surface area (Å²) in [6, 6.07) is 12.1. The quantitative estimate of drug-likeness (QED) is 0.332. The number of sulfonamides is 2. The lowest BCUT2D eigenvalue weighted by Gasteiger charge is -2.38. The Morgan fingerprint density at radius 3 is 2.46 bits per heavy atom. The van der Waals surface area contributed by atoms with Crippen LogP contribution in [0.1, 0.15) is 36.5 Å². The van der Waals surface area contributed by atoms with Crippen LogP contribution < -0.4 is 14.8 Å². The standard InChI is InChI=1S/C26H35N3O8S2/c1-19(30)20-6-8-24(9-7-20)39(34,35)29-12-10-26(11-13-29)15-21(17-37-26)28-16-22(31)18-36-23-4-3-5-25(14-23)38(32,33)27-2/h3-9,14,21-22,27-28,31H,10-13,15-18H2,1-2H3. The number of Topliss-reactive ketones (excluding diaryl/α,β-unsaturated/α-hetero) is 1. The molecule has 2 heterocycles. The zero-order valence-corrected chi connectivity index (χ0v) is 23.6. The predicted molar refractivity (Wildman–Crippen MR) is 144 cm³/mol. The van der Waals surface area contributed by atoms with Gasteiger partial charge in [-0.2, -0.15) is 4.31 Å². The van der Waals surface area contributed by atoms with Crippen LogP contribution in [0.25, 0.3) is 0 Å². The third-order valence-electron chi connectivity index (χ3n) is 7.21. The zero-order valence-electron chi connectivity index (χ0n) is 22.0. The van der Waals surface area contributed by atoms with E-state index >= 15 is 0 Å². The number of ketones is 1. The number of piperidine rings is 1. The van der Waals surface area contributed by atoms with Crippen molar-refractivity contribution >= 4 is 25.8 Å². The molecule has 4 rings (SSSR count). The minimum atomic E-state index is -3.66. The van der Waals surface area contributed by atoms with Crippen molar-refractivity contribution in [2.45, 2.75) is 53.7 Å². The molecule has 2 aromatic carbocycles. The van der Waals surface area contributed by atoms with Gasteiger partial charge in [0.25, 0.3) is 0 Å². The van der Waals surface area contributed by atoms with Crippen molar-refractivity contribution in [3.63, 3.8) is 0 Å². The fourth-order valence-corrected chi connectivity index (χ4v) is 7.08. The van der Waals surface area contributed by atoms with Crippen LogP contribution in [0.3, 0.4) is 0 Å². The lowest BCUT2D eigenvalue weighted by molar-refractivity contribution is -0.0312. The van der Waals surface area contributed by atoms with E-state index in [0.717, 1.165) is 0 Å². The van der Waals surface area contributed by atoms with Gasteiger partial charge in [-0.05, 0) is 57.5 Å². The third-order valence-corrected chi connectivity index (χ3v) is 10.5. The second kappa shape index (κ2) is 12.0. The molecule has 2 aliphatic rings. The maximum absolute atomic E-state index is 13.1. The van der Waals surface area contributed by atoms with E-state index in [4.69, 9.17) is 9.47 Å². The number of carbonyl (C=O) groups excluding carboxylic acids is 1. The van der Waals surface area contributed by atoms with Crippen molar-refractivity contribution < 1.29 is 36.2 Å². The SMILES string of the molecule is CNS(=O)(=O)c1cccc(OCC(O)CNC2COC3(CCN(S(=O)(=O)c4ccc(C(C)=O)cc4)CC3)C2)c1. The van der Waals surface area contributed by atoms with Crippen molar-refractivity contribution in [1.82, 2.24) is 14.3 Å². The smallest absolute Gasteiger partial charge is 0.243 e. The van der Waals surface area contributed by atoms with Gasteiger partial charge in [-0.25, -0.2) is 21.6 Å². The Labute approximate surface area is 229 Å². The molecular weight excluding hydrogens is 546 g/mol. The highest BCUT2D eigenvalue weighted by molar-refractivity contribution is 7.89. The van der Waals surface area contributed by atoms with E-state index in [-0.39, 0.29) is 34.8 Å². The molecule has 11 nitrogen and oxygen atoms in total. The topological polar surface area (TPSA) is 151 Å². The molecule has 0 bridgehead atoms. The van der Waals surface area contributed by atoms with Gasteiger partial charge in [0.15, 0.2) is 5.78 Å². The fraction of sp³-hybridized carbons (Fsp3) is 0.500. The Morgan fingerprint density at radius 2 is 1.82 bits per heavy atom. The summed E-state index contributed by atoms with van der Waals surface area (Å²) in [6.07, 6.45) is 1.000. The highest BCUT2D eigenvalue weighted by atomic mass is 32.2. The number of hydrogen-bond donors (Lipinski definition) is 3. The summed E-state index contributed by atoms with van der Waals surface area (Å²) in [5, 5.41) is 13.7. The van der Waals surface area contributed by atoms with Gasteiger partial charge >= 0.3 is 0 Å². The number of aliphatic hydroxyl groups is 1. The summed E-state index contributed by atoms with van der Waals surface area (Å²) < 4.78 is 65.5. The molecule has 2 unspecified atom stereocenters. The largest absolute Gasteiger partial charge is 0.491 e. The number of nitrogens with zero attached hydrogens (tertiary/aromatic N) is 1. The zero-order chi connectivity index (χ0) is 28.3. The molecule has 0 aromatic heterocycles. The van der Waals surface area contributed by atoms with Gasteiger partial charge in [-0.3, -0.25) is 4.79 Å². The molecule has 3 N–H and O–H groups in total. The first kappa shape index (κ1) is 29.6. The highest BCUT2D eigenvalue weighted by Gasteiger charge is 2.44. The van der Waals surface area contributed by atoms with E-state index in [1.807, 2.05) is 0 Å². The summed E-state index contributed by atoms with van der Waals surface area (Å²) in [6.45, 7) is 2.80. The van der Waals surface area contributed by atoms with E-state index in [2.05, 4.69) is 10.0 Å². The van der Waals surface area contributed by atoms with Crippen LogP contribution >= 0.6 is 0 Å². The van der Waals surface area contributed by atoms with Gasteiger partial charge in [0.1, 0.15) is 18.5 Å². The summed E-state index contributed by atoms with van der Waals surface area (Å²) in [5.74, 6) is 0.220. The van der Waals surface area contributed by atoms with Crippen molar-refractivity contribution in [3.05, 3.63) is 54.1 Å². The molecule has 1 spiro atoms. The van der Waals surface area contributed by atoms with E-state index in [1.165, 1.54) is 54.7 Å². The predicted octanol–water partition coefficient (Wildman–Crippen LogP) is 1.14. The summed E-state index contributed by atoms with van der Waals surface area (Å²) in [4.78, 5) is 11.7. The molecule has 2 aliphatic heterocycles. The van der Waals surface area contributed by atoms with Gasteiger partial charge in [0, 0.05) is 37.3 Å². The van der Waals surface area contributed by atoms with Crippen molar-refractivity contribution in [2.75, 3.05) is 39.9 Å². The van der Waals surface area contributed by atoms with Crippen LogP contribution in [-0.2, 0) is 24.8 Å². The molecule has 13 heteroatoms. The number of aliphatic hydroxyl groups excluding tert-OH is 1. The third kappa shape index (κ3) is 7.04. The second-order valence-corrected chi connectivity index (χ2v) is 13.8. The lowest BCUT2D eigenvalue weighted by atomic mass is 9.88. The van der Waals surface area contributed by atoms with Gasteiger partial charge in [-0.15, -0.1) is 0 Å². The maximum Gasteiger partial charge on any atom is 0.243 e. The molecule has 2 saturated heterocycles. The van der Waals surface area contributed by atoms with Crippen LogP contribution in [0.4, 0.5) is 0 Å². The number of nitrogens with one attached hydrogen (secondary N) is 2. The van der Waals surface area contributed by atoms with Crippen molar-refractivity contribution in [1.29, 1.82) is 0 Å². The number of carbonyl (C=O) groups is 1. The average Bonchev–Trinajstić information content (AvgIpc) is 3.33. The first-order valence-corrected chi connectivity index (χ1v) is 15.7. The molecule has 0 aliphatic carbocycles. The second-order valence-electron chi connectivity index (χ2n) is 9.94. The number of rotatable bonds is 11. The van der Waals surface area contributed by atoms with E-state index in [0.29, 0.717) is 50.3 Å². The Bertz CT molecular complexity index is 1370. The highest BCUT2D eigenvalue weighted by Crippen LogP contribution is 2.37. The first-order valence-electron chi connectivity index (χ1n) is 12.8. The minimum absolute atomic E-state index is 0.00558. The van der Waals surface area contributed by atoms with Gasteiger partial charge in [0.05, 0.1) is 22.0 Å². The molecule has 2 aromatic rings. The lowest BCUT2D eigenvalue weighted by Crippen LogP contribution is -2.47. The van der Waals surface area contributed by atoms with Crippen LogP contribution in [0.2, 0.25) is 0 Å². The number of benzene rings is 2. The van der Waals surface area contributed by atoms with E-state index in [1.54, 1.807) is 12.1 Å². The molecule has 0 saturated carbocycles. The molecule has 2 atom stereocenters. The van der Waals surface area contributed by atoms with Crippen LogP contribution in [0.15, 0.2) is 58.3 Å². The van der Waals surface area contributed by atoms with Crippen LogP contribution in [-0.4, -0.2) is 89.7 Å². The number of hydrogen-bond acceptors (Lipinski definition) is 9. The Hall–Kier alpha value is -2.39. The molecular formula is C26H35N3O8S2. The number of ether oxygens (including phenoxy) is 2. The van der Waals surface area contributed by atoms with Crippen LogP contribution in [0, 0.1) is 0 Å². The van der Waals surface area contributed by atoms with E-state index < -0.39 is 31.8 Å². The van der Waals surface area contributed by atoms with Gasteiger partial charge in [0.2, 0.25) is 20.0 Å². The van der Waals surface area contributed by atoms with Crippen molar-refractivity contribution in [2.24, 2.45) is 0 Å². The monoisotopic (exact) mass is 581 g/mol. The average molecular weight is 582 g/mol. The Kier molecular flexibility index (Phi) is 9.11. The molecule has 214 valence electrons. The normalized spacial score (nSPS) is 20.6. The van der Waals surface area contributed by atoms with E-state index in [9.17, 15) is 26.7 Å². The minimum Gasteiger partial charge on any atom is -0.491 e. The molecule has 39 heavy (non-hydrogen) atoms. The summed E-state index contributed by atoms with van der Waals surface area (Å²) in [7, 11) is -5.92. The molecule has 0 radical (unpaired) electrons. The summed E-state index contributed by atoms with van der Waals surface area (Å²) in [5.41, 5.74) is 0.0541. The Balaban J connectivity index is 1.23. The van der Waals surface area contributed by atoms with Crippen LogP contribution in [0.5, 0.6) is 5.75 Å². The Morgan fingerprint density at radius 1 is 1.13 bits per heavy atom. The molecule has 0 amide bonds. The van der Waals surface area contributed by atoms with Gasteiger partial charge in [-0.1, -0.05) is 18.2 Å². The molecule has 2 fully saturated rings. The summed E-state index contributed by atoms with van der Waals surface area (Å²) >= 11 is 0. The fourth-order valence-electron chi connectivity index (χ4n) is 4.87. The first-order chi connectivity index (χ1) is 18.4. The van der Waals surface area contributed by atoms with Gasteiger partial charge < -0.3 is 19.9 Å². The van der Waals surface area contributed by atoms with Crippen molar-refractivity contribution in [3.8, 4) is 5.75 Å².